The lowest BCUT2D eigenvalue weighted by Crippen LogP contribution is -2.32. The number of aromatic nitrogens is 2. The van der Waals surface area contributed by atoms with Gasteiger partial charge in [-0.15, -0.1) is 0 Å². The van der Waals surface area contributed by atoms with Crippen molar-refractivity contribution >= 4 is 0 Å². The number of hydrogen-bond acceptors (Lipinski definition) is 3. The molecule has 2 rings (SSSR count). The fraction of sp³-hybridized carbons (Fsp3) is 0.714. The topological polar surface area (TPSA) is 50.8 Å². The summed E-state index contributed by atoms with van der Waals surface area (Å²) in [6, 6.07) is 4.89. The summed E-state index contributed by atoms with van der Waals surface area (Å²) in [5.41, 5.74) is 0.634. The molecule has 1 saturated heterocycles. The van der Waals surface area contributed by atoms with E-state index in [2.05, 4.69) is 25.0 Å². The Kier molecular flexibility index (Phi) is 4.03. The van der Waals surface area contributed by atoms with E-state index in [1.54, 1.807) is 0 Å². The molecule has 0 radical (unpaired) electrons. The highest BCUT2D eigenvalue weighted by atomic mass is 16.5. The second-order valence-corrected chi connectivity index (χ2v) is 5.27. The lowest BCUT2D eigenvalue weighted by Gasteiger charge is -2.29. The van der Waals surface area contributed by atoms with Crippen LogP contribution in [-0.4, -0.2) is 23.0 Å². The first-order valence-electron chi connectivity index (χ1n) is 6.72. The molecule has 2 heterocycles. The van der Waals surface area contributed by atoms with Crippen LogP contribution >= 0.6 is 0 Å². The smallest absolute Gasteiger partial charge is 0.0863 e. The SMILES string of the molecule is CCC(C)n1ccc(CC2(C#N)CCCOC2)n1. The van der Waals surface area contributed by atoms with Crippen molar-refractivity contribution in [3.8, 4) is 6.07 Å². The van der Waals surface area contributed by atoms with Crippen LogP contribution in [0, 0.1) is 16.7 Å². The average Bonchev–Trinajstić information content (AvgIpc) is 2.87. The number of hydrogen-bond donors (Lipinski definition) is 0. The molecule has 18 heavy (non-hydrogen) atoms. The van der Waals surface area contributed by atoms with E-state index in [1.165, 1.54) is 0 Å². The zero-order valence-corrected chi connectivity index (χ0v) is 11.2. The molecule has 2 unspecified atom stereocenters. The highest BCUT2D eigenvalue weighted by Gasteiger charge is 2.34. The molecule has 0 N–H and O–H groups in total. The summed E-state index contributed by atoms with van der Waals surface area (Å²) >= 11 is 0. The van der Waals surface area contributed by atoms with Crippen molar-refractivity contribution in [2.45, 2.75) is 45.6 Å². The Labute approximate surface area is 109 Å². The van der Waals surface area contributed by atoms with Crippen LogP contribution in [0.4, 0.5) is 0 Å². The Hall–Kier alpha value is -1.34. The first-order valence-corrected chi connectivity index (χ1v) is 6.72. The molecule has 4 nitrogen and oxygen atoms in total. The molecule has 1 aliphatic rings. The molecule has 0 amide bonds. The minimum Gasteiger partial charge on any atom is -0.380 e. The summed E-state index contributed by atoms with van der Waals surface area (Å²) in [5.74, 6) is 0. The van der Waals surface area contributed by atoms with Crippen molar-refractivity contribution in [1.82, 2.24) is 9.78 Å². The maximum absolute atomic E-state index is 9.40. The monoisotopic (exact) mass is 247 g/mol. The van der Waals surface area contributed by atoms with Gasteiger partial charge in [-0.2, -0.15) is 10.4 Å². The Bertz CT molecular complexity index is 426. The maximum atomic E-state index is 9.40. The molecule has 1 aromatic rings. The Balaban J connectivity index is 2.08. The van der Waals surface area contributed by atoms with E-state index in [9.17, 15) is 5.26 Å². The van der Waals surface area contributed by atoms with Crippen molar-refractivity contribution < 1.29 is 4.74 Å². The van der Waals surface area contributed by atoms with Gasteiger partial charge in [0, 0.05) is 25.3 Å². The van der Waals surface area contributed by atoms with Crippen LogP contribution in [0.25, 0.3) is 0 Å². The van der Waals surface area contributed by atoms with E-state index in [4.69, 9.17) is 4.74 Å². The van der Waals surface area contributed by atoms with Crippen LogP contribution < -0.4 is 0 Å². The Morgan fingerprint density at radius 2 is 2.50 bits per heavy atom. The molecule has 2 atom stereocenters. The molecule has 1 fully saturated rings. The summed E-state index contributed by atoms with van der Waals surface area (Å²) in [4.78, 5) is 0. The molecule has 0 aliphatic carbocycles. The van der Waals surface area contributed by atoms with E-state index in [0.29, 0.717) is 19.1 Å². The summed E-state index contributed by atoms with van der Waals surface area (Å²) < 4.78 is 7.46. The standard InChI is InChI=1S/C14H21N3O/c1-3-12(2)17-7-5-13(16-17)9-14(10-15)6-4-8-18-11-14/h5,7,12H,3-4,6,8-9,11H2,1-2H3. The molecular weight excluding hydrogens is 226 g/mol. The van der Waals surface area contributed by atoms with Crippen LogP contribution in [0.3, 0.4) is 0 Å². The number of rotatable bonds is 4. The fourth-order valence-corrected chi connectivity index (χ4v) is 2.37. The molecular formula is C14H21N3O. The zero-order valence-electron chi connectivity index (χ0n) is 11.2. The number of nitriles is 1. The highest BCUT2D eigenvalue weighted by Crippen LogP contribution is 2.31. The molecule has 0 spiro atoms. The quantitative estimate of drug-likeness (QED) is 0.822. The van der Waals surface area contributed by atoms with Gasteiger partial charge in [0.15, 0.2) is 0 Å². The summed E-state index contributed by atoms with van der Waals surface area (Å²) in [6.07, 6.45) is 5.66. The minimum atomic E-state index is -0.368. The van der Waals surface area contributed by atoms with Gasteiger partial charge >= 0.3 is 0 Å². The third kappa shape index (κ3) is 2.73. The van der Waals surface area contributed by atoms with Gasteiger partial charge in [-0.3, -0.25) is 4.68 Å². The van der Waals surface area contributed by atoms with Crippen molar-refractivity contribution in [3.05, 3.63) is 18.0 Å². The van der Waals surface area contributed by atoms with Gasteiger partial charge in [0.2, 0.25) is 0 Å². The molecule has 1 aromatic heterocycles. The summed E-state index contributed by atoms with van der Waals surface area (Å²) in [6.45, 7) is 5.63. The van der Waals surface area contributed by atoms with Crippen molar-refractivity contribution in [3.63, 3.8) is 0 Å². The first-order chi connectivity index (χ1) is 8.69. The van der Waals surface area contributed by atoms with E-state index in [1.807, 2.05) is 16.9 Å². The zero-order chi connectivity index (χ0) is 13.0. The predicted molar refractivity (Wildman–Crippen MR) is 69.0 cm³/mol. The van der Waals surface area contributed by atoms with Crippen LogP contribution in [-0.2, 0) is 11.2 Å². The van der Waals surface area contributed by atoms with Crippen molar-refractivity contribution in [1.29, 1.82) is 5.26 Å². The molecule has 4 heteroatoms. The molecule has 0 saturated carbocycles. The lowest BCUT2D eigenvalue weighted by molar-refractivity contribution is 0.0218. The van der Waals surface area contributed by atoms with E-state index < -0.39 is 0 Å². The fourth-order valence-electron chi connectivity index (χ4n) is 2.37. The molecule has 1 aliphatic heterocycles. The van der Waals surface area contributed by atoms with E-state index >= 15 is 0 Å². The molecule has 98 valence electrons. The first kappa shape index (κ1) is 13.1. The largest absolute Gasteiger partial charge is 0.380 e. The third-order valence-corrected chi connectivity index (χ3v) is 3.79. The number of nitrogens with zero attached hydrogens (tertiary/aromatic N) is 3. The second kappa shape index (κ2) is 5.53. The third-order valence-electron chi connectivity index (χ3n) is 3.79. The lowest BCUT2D eigenvalue weighted by atomic mass is 9.80. The second-order valence-electron chi connectivity index (χ2n) is 5.27. The van der Waals surface area contributed by atoms with Gasteiger partial charge in [0.25, 0.3) is 0 Å². The van der Waals surface area contributed by atoms with Gasteiger partial charge in [0.05, 0.1) is 23.8 Å². The van der Waals surface area contributed by atoms with Crippen LogP contribution in [0.2, 0.25) is 0 Å². The van der Waals surface area contributed by atoms with E-state index in [-0.39, 0.29) is 5.41 Å². The summed E-state index contributed by atoms with van der Waals surface area (Å²) in [7, 11) is 0. The van der Waals surface area contributed by atoms with Gasteiger partial charge in [-0.1, -0.05) is 6.92 Å². The maximum Gasteiger partial charge on any atom is 0.0863 e. The van der Waals surface area contributed by atoms with Gasteiger partial charge in [-0.05, 0) is 32.3 Å². The predicted octanol–water partition coefficient (Wildman–Crippen LogP) is 2.72. The Morgan fingerprint density at radius 1 is 1.67 bits per heavy atom. The van der Waals surface area contributed by atoms with Crippen LogP contribution in [0.5, 0.6) is 0 Å². The van der Waals surface area contributed by atoms with Crippen LogP contribution in [0.1, 0.15) is 44.8 Å². The Morgan fingerprint density at radius 3 is 3.11 bits per heavy atom. The van der Waals surface area contributed by atoms with Gasteiger partial charge in [0.1, 0.15) is 0 Å². The highest BCUT2D eigenvalue weighted by molar-refractivity contribution is 5.11. The molecule has 0 bridgehead atoms. The van der Waals surface area contributed by atoms with Crippen molar-refractivity contribution in [2.75, 3.05) is 13.2 Å². The van der Waals surface area contributed by atoms with Crippen LogP contribution in [0.15, 0.2) is 12.3 Å². The normalized spacial score (nSPS) is 25.6. The van der Waals surface area contributed by atoms with Crippen molar-refractivity contribution in [2.24, 2.45) is 5.41 Å². The molecule has 0 aromatic carbocycles. The summed E-state index contributed by atoms with van der Waals surface area (Å²) in [5, 5.41) is 14.0. The minimum absolute atomic E-state index is 0.368. The van der Waals surface area contributed by atoms with E-state index in [0.717, 1.165) is 31.6 Å². The van der Waals surface area contributed by atoms with Gasteiger partial charge < -0.3 is 4.74 Å². The average molecular weight is 247 g/mol. The number of ether oxygens (including phenoxy) is 1. The van der Waals surface area contributed by atoms with Gasteiger partial charge in [-0.25, -0.2) is 0 Å².